The number of rotatable bonds is 2. The summed E-state index contributed by atoms with van der Waals surface area (Å²) in [5, 5.41) is 0. The third kappa shape index (κ3) is 1.81. The Kier molecular flexibility index (Phi) is 2.57. The van der Waals surface area contributed by atoms with E-state index < -0.39 is 0 Å². The molecule has 0 aliphatic carbocycles. The molecule has 0 spiro atoms. The lowest BCUT2D eigenvalue weighted by atomic mass is 10.1. The summed E-state index contributed by atoms with van der Waals surface area (Å²) in [7, 11) is 0. The zero-order valence-electron chi connectivity index (χ0n) is 8.69. The maximum atomic E-state index is 5.86. The zero-order valence-corrected chi connectivity index (χ0v) is 8.69. The maximum Gasteiger partial charge on any atom is 0.166 e. The average molecular weight is 192 g/mol. The lowest BCUT2D eigenvalue weighted by Crippen LogP contribution is -2.23. The van der Waals surface area contributed by atoms with Crippen LogP contribution in [0.1, 0.15) is 31.9 Å². The molecule has 76 valence electrons. The van der Waals surface area contributed by atoms with Gasteiger partial charge in [0.15, 0.2) is 5.79 Å². The minimum Gasteiger partial charge on any atom is -0.347 e. The Labute approximate surface area is 84.8 Å². The predicted molar refractivity (Wildman–Crippen MR) is 54.9 cm³/mol. The largest absolute Gasteiger partial charge is 0.347 e. The highest BCUT2D eigenvalue weighted by Crippen LogP contribution is 2.34. The summed E-state index contributed by atoms with van der Waals surface area (Å²) in [5.74, 6) is -0.388. The summed E-state index contributed by atoms with van der Waals surface area (Å²) in [6.07, 6.45) is 0.984. The van der Waals surface area contributed by atoms with Gasteiger partial charge in [0.05, 0.1) is 6.61 Å². The molecular formula is C12H16O2. The summed E-state index contributed by atoms with van der Waals surface area (Å²) < 4.78 is 11.5. The molecule has 1 heterocycles. The van der Waals surface area contributed by atoms with E-state index in [0.29, 0.717) is 6.61 Å². The Morgan fingerprint density at radius 1 is 1.36 bits per heavy atom. The van der Waals surface area contributed by atoms with Crippen LogP contribution in [0.3, 0.4) is 0 Å². The molecule has 0 aromatic heterocycles. The second-order valence-corrected chi connectivity index (χ2v) is 3.82. The van der Waals surface area contributed by atoms with E-state index in [0.717, 1.165) is 6.42 Å². The first-order valence-electron chi connectivity index (χ1n) is 5.10. The Hall–Kier alpha value is -0.860. The molecule has 1 aromatic carbocycles. The van der Waals surface area contributed by atoms with Gasteiger partial charge in [-0.25, -0.2) is 0 Å². The Bertz CT molecular complexity index is 296. The topological polar surface area (TPSA) is 18.5 Å². The normalized spacial score (nSPS) is 32.0. The fraction of sp³-hybridized carbons (Fsp3) is 0.500. The van der Waals surface area contributed by atoms with Crippen LogP contribution in [-0.2, 0) is 9.47 Å². The van der Waals surface area contributed by atoms with E-state index >= 15 is 0 Å². The lowest BCUT2D eigenvalue weighted by molar-refractivity contribution is -0.155. The molecule has 1 aliphatic heterocycles. The Morgan fingerprint density at radius 2 is 2.07 bits per heavy atom. The maximum absolute atomic E-state index is 5.86. The fourth-order valence-corrected chi connectivity index (χ4v) is 1.64. The zero-order chi connectivity index (χ0) is 10.0. The lowest BCUT2D eigenvalue weighted by Gasteiger charge is -2.21. The van der Waals surface area contributed by atoms with E-state index in [9.17, 15) is 0 Å². The number of hydrogen-bond donors (Lipinski definition) is 0. The van der Waals surface area contributed by atoms with Crippen LogP contribution in [-0.4, -0.2) is 12.4 Å². The number of benzene rings is 1. The summed E-state index contributed by atoms with van der Waals surface area (Å²) in [5.41, 5.74) is 1.20. The number of hydrogen-bond acceptors (Lipinski definition) is 2. The van der Waals surface area contributed by atoms with Crippen LogP contribution in [0.5, 0.6) is 0 Å². The molecule has 14 heavy (non-hydrogen) atoms. The average Bonchev–Trinajstić information content (AvgIpc) is 2.63. The standard InChI is InChI=1S/C12H16O2/c1-3-12(2)13-9-11(14-12)10-7-5-4-6-8-10/h4-8,11H,3,9H2,1-2H3. The van der Waals surface area contributed by atoms with Crippen LogP contribution in [0, 0.1) is 0 Å². The SMILES string of the molecule is CCC1(C)OCC(c2ccccc2)O1. The van der Waals surface area contributed by atoms with Crippen molar-refractivity contribution in [1.82, 2.24) is 0 Å². The van der Waals surface area contributed by atoms with E-state index in [2.05, 4.69) is 19.1 Å². The van der Waals surface area contributed by atoms with Crippen LogP contribution in [0.4, 0.5) is 0 Å². The third-order valence-electron chi connectivity index (χ3n) is 2.75. The molecule has 1 fully saturated rings. The highest BCUT2D eigenvalue weighted by atomic mass is 16.7. The predicted octanol–water partition coefficient (Wildman–Crippen LogP) is 2.90. The molecule has 0 radical (unpaired) electrons. The van der Waals surface area contributed by atoms with Crippen LogP contribution in [0.15, 0.2) is 30.3 Å². The van der Waals surface area contributed by atoms with E-state index in [1.165, 1.54) is 5.56 Å². The van der Waals surface area contributed by atoms with Gasteiger partial charge < -0.3 is 9.47 Å². The van der Waals surface area contributed by atoms with Gasteiger partial charge in [-0.2, -0.15) is 0 Å². The highest BCUT2D eigenvalue weighted by molar-refractivity contribution is 5.18. The fourth-order valence-electron chi connectivity index (χ4n) is 1.64. The molecule has 2 nitrogen and oxygen atoms in total. The van der Waals surface area contributed by atoms with Crippen molar-refractivity contribution < 1.29 is 9.47 Å². The van der Waals surface area contributed by atoms with Crippen molar-refractivity contribution in [1.29, 1.82) is 0 Å². The molecule has 2 unspecified atom stereocenters. The van der Waals surface area contributed by atoms with Crippen molar-refractivity contribution in [2.24, 2.45) is 0 Å². The first-order chi connectivity index (χ1) is 6.73. The highest BCUT2D eigenvalue weighted by Gasteiger charge is 2.35. The van der Waals surface area contributed by atoms with Crippen molar-refractivity contribution in [3.8, 4) is 0 Å². The molecule has 0 saturated carbocycles. The minimum atomic E-state index is -0.388. The molecule has 0 amide bonds. The molecule has 0 N–H and O–H groups in total. The molecular weight excluding hydrogens is 176 g/mol. The van der Waals surface area contributed by atoms with Gasteiger partial charge in [-0.3, -0.25) is 0 Å². The van der Waals surface area contributed by atoms with Crippen molar-refractivity contribution in [2.75, 3.05) is 6.61 Å². The second-order valence-electron chi connectivity index (χ2n) is 3.82. The van der Waals surface area contributed by atoms with Gasteiger partial charge >= 0.3 is 0 Å². The van der Waals surface area contributed by atoms with Crippen molar-refractivity contribution in [3.63, 3.8) is 0 Å². The van der Waals surface area contributed by atoms with E-state index in [4.69, 9.17) is 9.47 Å². The van der Waals surface area contributed by atoms with Crippen molar-refractivity contribution in [2.45, 2.75) is 32.2 Å². The van der Waals surface area contributed by atoms with Crippen LogP contribution in [0.2, 0.25) is 0 Å². The van der Waals surface area contributed by atoms with Gasteiger partial charge in [0, 0.05) is 0 Å². The second kappa shape index (κ2) is 3.71. The van der Waals surface area contributed by atoms with Crippen LogP contribution >= 0.6 is 0 Å². The van der Waals surface area contributed by atoms with E-state index in [1.807, 2.05) is 25.1 Å². The summed E-state index contributed by atoms with van der Waals surface area (Å²) in [4.78, 5) is 0. The molecule has 1 saturated heterocycles. The minimum absolute atomic E-state index is 0.0983. The van der Waals surface area contributed by atoms with Crippen molar-refractivity contribution in [3.05, 3.63) is 35.9 Å². The summed E-state index contributed by atoms with van der Waals surface area (Å²) in [6, 6.07) is 10.2. The van der Waals surface area contributed by atoms with Gasteiger partial charge in [0.25, 0.3) is 0 Å². The van der Waals surface area contributed by atoms with Gasteiger partial charge in [0.2, 0.25) is 0 Å². The molecule has 1 aliphatic rings. The van der Waals surface area contributed by atoms with Crippen LogP contribution < -0.4 is 0 Å². The van der Waals surface area contributed by atoms with Gasteiger partial charge in [-0.15, -0.1) is 0 Å². The molecule has 2 atom stereocenters. The number of ether oxygens (including phenoxy) is 2. The smallest absolute Gasteiger partial charge is 0.166 e. The van der Waals surface area contributed by atoms with Gasteiger partial charge in [0.1, 0.15) is 6.10 Å². The summed E-state index contributed by atoms with van der Waals surface area (Å²) >= 11 is 0. The molecule has 0 bridgehead atoms. The quantitative estimate of drug-likeness (QED) is 0.717. The molecule has 2 rings (SSSR count). The summed E-state index contributed by atoms with van der Waals surface area (Å²) in [6.45, 7) is 4.73. The van der Waals surface area contributed by atoms with E-state index in [-0.39, 0.29) is 11.9 Å². The first-order valence-corrected chi connectivity index (χ1v) is 5.10. The molecule has 1 aromatic rings. The van der Waals surface area contributed by atoms with E-state index in [1.54, 1.807) is 0 Å². The monoisotopic (exact) mass is 192 g/mol. The molecule has 2 heteroatoms. The Balaban J connectivity index is 2.10. The van der Waals surface area contributed by atoms with Crippen molar-refractivity contribution >= 4 is 0 Å². The third-order valence-corrected chi connectivity index (χ3v) is 2.75. The van der Waals surface area contributed by atoms with Crippen LogP contribution in [0.25, 0.3) is 0 Å². The van der Waals surface area contributed by atoms with Gasteiger partial charge in [-0.1, -0.05) is 37.3 Å². The van der Waals surface area contributed by atoms with Gasteiger partial charge in [-0.05, 0) is 18.9 Å². The Morgan fingerprint density at radius 3 is 2.64 bits per heavy atom. The first kappa shape index (κ1) is 9.69.